The molecule has 2 aliphatic heterocycles. The van der Waals surface area contributed by atoms with Crippen LogP contribution in [0.5, 0.6) is 0 Å². The van der Waals surface area contributed by atoms with Crippen molar-refractivity contribution in [3.8, 4) is 0 Å². The molecule has 0 aromatic carbocycles. The van der Waals surface area contributed by atoms with Gasteiger partial charge < -0.3 is 10.2 Å². The minimum atomic E-state index is 0.300. The van der Waals surface area contributed by atoms with E-state index in [0.717, 1.165) is 45.3 Å². The molecule has 0 unspecified atom stereocenters. The first kappa shape index (κ1) is 13.2. The molecule has 2 fully saturated rings. The second kappa shape index (κ2) is 5.61. The molecule has 4 heteroatoms. The largest absolute Gasteiger partial charge is 0.342 e. The Morgan fingerprint density at radius 2 is 2.12 bits per heavy atom. The molecular formula is C13H24N2OS. The molecule has 0 atom stereocenters. The van der Waals surface area contributed by atoms with Gasteiger partial charge in [0.2, 0.25) is 5.91 Å². The Hall–Kier alpha value is -0.220. The standard InChI is InChI=1S/C13H24N2OS/c1-11(2)3-4-12(16)15-8-5-13(6-9-15)14-7-10-17-13/h11,14H,3-10H2,1-2H3. The Kier molecular flexibility index (Phi) is 4.36. The highest BCUT2D eigenvalue weighted by atomic mass is 32.2. The Balaban J connectivity index is 1.76. The van der Waals surface area contributed by atoms with Crippen molar-refractivity contribution in [3.05, 3.63) is 0 Å². The molecule has 0 saturated carbocycles. The van der Waals surface area contributed by atoms with Gasteiger partial charge in [-0.05, 0) is 25.2 Å². The van der Waals surface area contributed by atoms with Gasteiger partial charge in [-0.2, -0.15) is 0 Å². The fourth-order valence-corrected chi connectivity index (χ4v) is 3.86. The van der Waals surface area contributed by atoms with Crippen molar-refractivity contribution in [1.82, 2.24) is 10.2 Å². The molecule has 0 aliphatic carbocycles. The summed E-state index contributed by atoms with van der Waals surface area (Å²) < 4.78 is 0. The average Bonchev–Trinajstić information content (AvgIpc) is 2.75. The van der Waals surface area contributed by atoms with Crippen LogP contribution in [-0.2, 0) is 4.79 Å². The van der Waals surface area contributed by atoms with E-state index in [1.54, 1.807) is 0 Å². The minimum Gasteiger partial charge on any atom is -0.342 e. The molecule has 0 aromatic heterocycles. The molecule has 2 aliphatic rings. The normalized spacial score (nSPS) is 23.6. The van der Waals surface area contributed by atoms with Crippen molar-refractivity contribution < 1.29 is 4.79 Å². The van der Waals surface area contributed by atoms with E-state index in [4.69, 9.17) is 0 Å². The summed E-state index contributed by atoms with van der Waals surface area (Å²) in [6.07, 6.45) is 3.98. The summed E-state index contributed by atoms with van der Waals surface area (Å²) in [6, 6.07) is 0. The summed E-state index contributed by atoms with van der Waals surface area (Å²) in [5.41, 5.74) is 0. The van der Waals surface area contributed by atoms with Crippen LogP contribution in [0.1, 0.15) is 39.5 Å². The number of rotatable bonds is 3. The Morgan fingerprint density at radius 3 is 2.65 bits per heavy atom. The third-order valence-corrected chi connectivity index (χ3v) is 5.30. The molecule has 2 rings (SSSR count). The highest BCUT2D eigenvalue weighted by Crippen LogP contribution is 2.36. The van der Waals surface area contributed by atoms with Crippen LogP contribution in [0.3, 0.4) is 0 Å². The molecule has 98 valence electrons. The van der Waals surface area contributed by atoms with Gasteiger partial charge in [-0.15, -0.1) is 11.8 Å². The van der Waals surface area contributed by atoms with Gasteiger partial charge in [-0.25, -0.2) is 0 Å². The zero-order valence-electron chi connectivity index (χ0n) is 11.0. The Labute approximate surface area is 109 Å². The fraction of sp³-hybridized carbons (Fsp3) is 0.923. The van der Waals surface area contributed by atoms with Crippen molar-refractivity contribution in [1.29, 1.82) is 0 Å². The monoisotopic (exact) mass is 256 g/mol. The molecular weight excluding hydrogens is 232 g/mol. The SMILES string of the molecule is CC(C)CCC(=O)N1CCC2(CC1)NCCS2. The number of thioether (sulfide) groups is 1. The van der Waals surface area contributed by atoms with Crippen molar-refractivity contribution in [2.24, 2.45) is 5.92 Å². The van der Waals surface area contributed by atoms with Gasteiger partial charge in [-0.1, -0.05) is 13.8 Å². The summed E-state index contributed by atoms with van der Waals surface area (Å²) in [7, 11) is 0. The summed E-state index contributed by atoms with van der Waals surface area (Å²) in [5, 5.41) is 3.61. The molecule has 2 saturated heterocycles. The van der Waals surface area contributed by atoms with Crippen LogP contribution in [0.15, 0.2) is 0 Å². The third-order valence-electron chi connectivity index (χ3n) is 3.79. The number of carbonyl (C=O) groups excluding carboxylic acids is 1. The van der Waals surface area contributed by atoms with E-state index in [-0.39, 0.29) is 0 Å². The number of hydrogen-bond donors (Lipinski definition) is 1. The number of likely N-dealkylation sites (tertiary alicyclic amines) is 1. The lowest BCUT2D eigenvalue weighted by atomic mass is 10.0. The maximum Gasteiger partial charge on any atom is 0.222 e. The lowest BCUT2D eigenvalue weighted by Crippen LogP contribution is -2.49. The molecule has 1 amide bonds. The molecule has 1 N–H and O–H groups in total. The minimum absolute atomic E-state index is 0.300. The van der Waals surface area contributed by atoms with Gasteiger partial charge in [-0.3, -0.25) is 4.79 Å². The first-order chi connectivity index (χ1) is 8.11. The van der Waals surface area contributed by atoms with Crippen molar-refractivity contribution in [2.75, 3.05) is 25.4 Å². The van der Waals surface area contributed by atoms with E-state index in [1.165, 1.54) is 5.75 Å². The number of carbonyl (C=O) groups is 1. The van der Waals surface area contributed by atoms with E-state index < -0.39 is 0 Å². The maximum atomic E-state index is 12.0. The zero-order valence-corrected chi connectivity index (χ0v) is 11.8. The number of nitrogens with zero attached hydrogens (tertiary/aromatic N) is 1. The predicted molar refractivity (Wildman–Crippen MR) is 73.1 cm³/mol. The molecule has 17 heavy (non-hydrogen) atoms. The van der Waals surface area contributed by atoms with Gasteiger partial charge in [0, 0.05) is 31.8 Å². The molecule has 0 bridgehead atoms. The Morgan fingerprint density at radius 1 is 1.41 bits per heavy atom. The van der Waals surface area contributed by atoms with Crippen LogP contribution in [-0.4, -0.2) is 41.1 Å². The van der Waals surface area contributed by atoms with E-state index in [0.29, 0.717) is 16.7 Å². The Bertz CT molecular complexity index is 265. The van der Waals surface area contributed by atoms with Crippen LogP contribution in [0, 0.1) is 5.92 Å². The number of amides is 1. The van der Waals surface area contributed by atoms with E-state index in [9.17, 15) is 4.79 Å². The van der Waals surface area contributed by atoms with E-state index in [2.05, 4.69) is 24.1 Å². The van der Waals surface area contributed by atoms with Crippen LogP contribution in [0.25, 0.3) is 0 Å². The smallest absolute Gasteiger partial charge is 0.222 e. The van der Waals surface area contributed by atoms with E-state index >= 15 is 0 Å². The van der Waals surface area contributed by atoms with Crippen molar-refractivity contribution >= 4 is 17.7 Å². The highest BCUT2D eigenvalue weighted by molar-refractivity contribution is 8.00. The first-order valence-corrected chi connectivity index (χ1v) is 7.77. The van der Waals surface area contributed by atoms with Crippen molar-refractivity contribution in [2.45, 2.75) is 44.4 Å². The second-order valence-electron chi connectivity index (χ2n) is 5.58. The predicted octanol–water partition coefficient (Wildman–Crippen LogP) is 2.08. The maximum absolute atomic E-state index is 12.0. The lowest BCUT2D eigenvalue weighted by Gasteiger charge is -2.39. The fourth-order valence-electron chi connectivity index (χ4n) is 2.58. The third kappa shape index (κ3) is 3.38. The summed E-state index contributed by atoms with van der Waals surface area (Å²) in [4.78, 5) is 14.4. The summed E-state index contributed by atoms with van der Waals surface area (Å²) in [6.45, 7) is 7.37. The van der Waals surface area contributed by atoms with Crippen LogP contribution in [0.4, 0.5) is 0 Å². The van der Waals surface area contributed by atoms with Crippen LogP contribution < -0.4 is 5.32 Å². The quantitative estimate of drug-likeness (QED) is 0.839. The van der Waals surface area contributed by atoms with Gasteiger partial charge in [0.1, 0.15) is 0 Å². The number of piperidine rings is 1. The summed E-state index contributed by atoms with van der Waals surface area (Å²) >= 11 is 2.05. The average molecular weight is 256 g/mol. The number of hydrogen-bond acceptors (Lipinski definition) is 3. The van der Waals surface area contributed by atoms with Crippen LogP contribution >= 0.6 is 11.8 Å². The van der Waals surface area contributed by atoms with Gasteiger partial charge >= 0.3 is 0 Å². The highest BCUT2D eigenvalue weighted by Gasteiger charge is 2.38. The molecule has 0 radical (unpaired) electrons. The van der Waals surface area contributed by atoms with Crippen LogP contribution in [0.2, 0.25) is 0 Å². The topological polar surface area (TPSA) is 32.3 Å². The van der Waals surface area contributed by atoms with E-state index in [1.807, 2.05) is 11.8 Å². The molecule has 0 aromatic rings. The van der Waals surface area contributed by atoms with Gasteiger partial charge in [0.15, 0.2) is 0 Å². The van der Waals surface area contributed by atoms with Gasteiger partial charge in [0.05, 0.1) is 4.87 Å². The lowest BCUT2D eigenvalue weighted by molar-refractivity contribution is -0.132. The van der Waals surface area contributed by atoms with Crippen molar-refractivity contribution in [3.63, 3.8) is 0 Å². The number of nitrogens with one attached hydrogen (secondary N) is 1. The first-order valence-electron chi connectivity index (χ1n) is 6.78. The summed E-state index contributed by atoms with van der Waals surface area (Å²) in [5.74, 6) is 2.21. The van der Waals surface area contributed by atoms with Gasteiger partial charge in [0.25, 0.3) is 0 Å². The molecule has 1 spiro atoms. The second-order valence-corrected chi connectivity index (χ2v) is 7.06. The molecule has 2 heterocycles. The molecule has 3 nitrogen and oxygen atoms in total. The zero-order chi connectivity index (χ0) is 12.3.